The van der Waals surface area contributed by atoms with Gasteiger partial charge in [0.25, 0.3) is 0 Å². The van der Waals surface area contributed by atoms with Crippen LogP contribution in [0.15, 0.2) is 5.16 Å². The van der Waals surface area contributed by atoms with Gasteiger partial charge < -0.3 is 14.6 Å². The van der Waals surface area contributed by atoms with Crippen LogP contribution in [0.5, 0.6) is 0 Å². The van der Waals surface area contributed by atoms with Gasteiger partial charge in [0.2, 0.25) is 5.85 Å². The normalized spacial score (nSPS) is 23.6. The zero-order valence-corrected chi connectivity index (χ0v) is 7.70. The van der Waals surface area contributed by atoms with E-state index in [1.807, 2.05) is 6.92 Å². The Morgan fingerprint density at radius 3 is 2.83 bits per heavy atom. The monoisotopic (exact) mass is 193 g/mol. The standard InChI is InChI=1S/C6H12NO4P/c1-2-3-5-4-6(11-7-5)12(8,9)10/h6H,2-4H2,1H3,(H2,8,9,10). The van der Waals surface area contributed by atoms with Crippen molar-refractivity contribution in [1.29, 1.82) is 0 Å². The maximum Gasteiger partial charge on any atom is 0.368 e. The first-order valence-corrected chi connectivity index (χ1v) is 5.49. The minimum atomic E-state index is -4.11. The first-order valence-electron chi connectivity index (χ1n) is 3.81. The Kier molecular flexibility index (Phi) is 2.88. The molecule has 0 amide bonds. The molecule has 1 atom stereocenters. The Morgan fingerprint density at radius 1 is 1.75 bits per heavy atom. The van der Waals surface area contributed by atoms with E-state index in [2.05, 4.69) is 9.99 Å². The quantitative estimate of drug-likeness (QED) is 0.657. The molecule has 0 saturated heterocycles. The Balaban J connectivity index is 2.47. The van der Waals surface area contributed by atoms with Gasteiger partial charge in [-0.25, -0.2) is 0 Å². The summed E-state index contributed by atoms with van der Waals surface area (Å²) in [6.45, 7) is 1.98. The SMILES string of the molecule is CCCC1=NOC(P(=O)(O)O)C1. The molecule has 0 radical (unpaired) electrons. The summed E-state index contributed by atoms with van der Waals surface area (Å²) in [7, 11) is -4.11. The fourth-order valence-corrected chi connectivity index (χ4v) is 1.65. The zero-order chi connectivity index (χ0) is 9.19. The molecule has 1 aliphatic heterocycles. The Labute approximate surface area is 70.6 Å². The molecule has 2 N–H and O–H groups in total. The van der Waals surface area contributed by atoms with E-state index in [0.717, 1.165) is 18.6 Å². The summed E-state index contributed by atoms with van der Waals surface area (Å²) in [5, 5.41) is 3.60. The van der Waals surface area contributed by atoms with E-state index in [4.69, 9.17) is 9.79 Å². The van der Waals surface area contributed by atoms with Gasteiger partial charge in [-0.1, -0.05) is 18.5 Å². The molecular weight excluding hydrogens is 181 g/mol. The van der Waals surface area contributed by atoms with Crippen molar-refractivity contribution < 1.29 is 19.2 Å². The van der Waals surface area contributed by atoms with Crippen molar-refractivity contribution >= 4 is 13.3 Å². The second kappa shape index (κ2) is 3.56. The summed E-state index contributed by atoms with van der Waals surface area (Å²) in [5.74, 6) is -1.04. The van der Waals surface area contributed by atoms with Crippen LogP contribution in [0.4, 0.5) is 0 Å². The molecule has 1 unspecified atom stereocenters. The molecule has 0 aromatic carbocycles. The molecule has 5 nitrogen and oxygen atoms in total. The summed E-state index contributed by atoms with van der Waals surface area (Å²) in [5.41, 5.74) is 0.742. The molecule has 70 valence electrons. The lowest BCUT2D eigenvalue weighted by Gasteiger charge is -2.08. The predicted octanol–water partition coefficient (Wildman–Crippen LogP) is 1.07. The first-order chi connectivity index (χ1) is 5.54. The van der Waals surface area contributed by atoms with Crippen LogP contribution in [0.2, 0.25) is 0 Å². The molecule has 0 aromatic rings. The van der Waals surface area contributed by atoms with Gasteiger partial charge in [-0.3, -0.25) is 4.57 Å². The summed E-state index contributed by atoms with van der Waals surface area (Å²) < 4.78 is 10.7. The van der Waals surface area contributed by atoms with Gasteiger partial charge in [0.15, 0.2) is 0 Å². The van der Waals surface area contributed by atoms with Crippen molar-refractivity contribution in [3.8, 4) is 0 Å². The van der Waals surface area contributed by atoms with Gasteiger partial charge in [0.1, 0.15) is 0 Å². The van der Waals surface area contributed by atoms with E-state index < -0.39 is 13.4 Å². The van der Waals surface area contributed by atoms with E-state index in [9.17, 15) is 4.57 Å². The van der Waals surface area contributed by atoms with Crippen LogP contribution < -0.4 is 0 Å². The van der Waals surface area contributed by atoms with Crippen molar-refractivity contribution in [2.45, 2.75) is 32.0 Å². The van der Waals surface area contributed by atoms with Crippen LogP contribution in [0.1, 0.15) is 26.2 Å². The van der Waals surface area contributed by atoms with Gasteiger partial charge in [0.05, 0.1) is 5.71 Å². The predicted molar refractivity (Wildman–Crippen MR) is 43.9 cm³/mol. The van der Waals surface area contributed by atoms with Crippen molar-refractivity contribution in [2.75, 3.05) is 0 Å². The highest BCUT2D eigenvalue weighted by Gasteiger charge is 2.35. The van der Waals surface area contributed by atoms with Crippen LogP contribution in [-0.2, 0) is 9.40 Å². The molecule has 6 heteroatoms. The summed E-state index contributed by atoms with van der Waals surface area (Å²) >= 11 is 0. The van der Waals surface area contributed by atoms with Crippen LogP contribution in [-0.4, -0.2) is 21.3 Å². The van der Waals surface area contributed by atoms with Crippen molar-refractivity contribution in [1.82, 2.24) is 0 Å². The van der Waals surface area contributed by atoms with Crippen molar-refractivity contribution in [2.24, 2.45) is 5.16 Å². The third-order valence-electron chi connectivity index (χ3n) is 1.63. The largest absolute Gasteiger partial charge is 0.379 e. The second-order valence-electron chi connectivity index (χ2n) is 2.76. The maximum atomic E-state index is 10.7. The summed E-state index contributed by atoms with van der Waals surface area (Å²) in [6.07, 6.45) is 1.92. The van der Waals surface area contributed by atoms with E-state index in [0.29, 0.717) is 0 Å². The molecule has 0 saturated carbocycles. The summed E-state index contributed by atoms with van der Waals surface area (Å²) in [4.78, 5) is 22.0. The maximum absolute atomic E-state index is 10.7. The molecule has 0 aliphatic carbocycles. The Hall–Kier alpha value is -0.380. The van der Waals surface area contributed by atoms with E-state index >= 15 is 0 Å². The van der Waals surface area contributed by atoms with Crippen molar-refractivity contribution in [3.63, 3.8) is 0 Å². The van der Waals surface area contributed by atoms with Crippen LogP contribution in [0.3, 0.4) is 0 Å². The average Bonchev–Trinajstić information content (AvgIpc) is 2.35. The zero-order valence-electron chi connectivity index (χ0n) is 6.80. The van der Waals surface area contributed by atoms with E-state index in [1.54, 1.807) is 0 Å². The van der Waals surface area contributed by atoms with Crippen LogP contribution in [0.25, 0.3) is 0 Å². The highest BCUT2D eigenvalue weighted by atomic mass is 31.2. The van der Waals surface area contributed by atoms with E-state index in [1.165, 1.54) is 0 Å². The van der Waals surface area contributed by atoms with Gasteiger partial charge >= 0.3 is 7.60 Å². The molecule has 0 fully saturated rings. The average molecular weight is 193 g/mol. The van der Waals surface area contributed by atoms with Crippen LogP contribution in [0, 0.1) is 0 Å². The smallest absolute Gasteiger partial charge is 0.368 e. The van der Waals surface area contributed by atoms with E-state index in [-0.39, 0.29) is 6.42 Å². The highest BCUT2D eigenvalue weighted by molar-refractivity contribution is 7.52. The molecular formula is C6H12NO4P. The molecule has 0 aromatic heterocycles. The molecule has 0 spiro atoms. The highest BCUT2D eigenvalue weighted by Crippen LogP contribution is 2.45. The number of nitrogens with zero attached hydrogens (tertiary/aromatic N) is 1. The third kappa shape index (κ3) is 2.30. The molecule has 12 heavy (non-hydrogen) atoms. The molecule has 1 heterocycles. The first kappa shape index (κ1) is 9.71. The minimum absolute atomic E-state index is 0.262. The van der Waals surface area contributed by atoms with Gasteiger partial charge in [-0.2, -0.15) is 0 Å². The molecule has 0 bridgehead atoms. The van der Waals surface area contributed by atoms with Gasteiger partial charge in [0, 0.05) is 6.42 Å². The minimum Gasteiger partial charge on any atom is -0.379 e. The van der Waals surface area contributed by atoms with Crippen molar-refractivity contribution in [3.05, 3.63) is 0 Å². The lowest BCUT2D eigenvalue weighted by molar-refractivity contribution is 0.117. The fourth-order valence-electron chi connectivity index (χ4n) is 1.03. The molecule has 1 aliphatic rings. The third-order valence-corrected chi connectivity index (χ3v) is 2.65. The number of hydrogen-bond donors (Lipinski definition) is 2. The lowest BCUT2D eigenvalue weighted by Crippen LogP contribution is -2.07. The summed E-state index contributed by atoms with van der Waals surface area (Å²) in [6, 6.07) is 0. The fraction of sp³-hybridized carbons (Fsp3) is 0.833. The second-order valence-corrected chi connectivity index (χ2v) is 4.51. The number of oxime groups is 1. The Bertz CT molecular complexity index is 234. The Morgan fingerprint density at radius 2 is 2.42 bits per heavy atom. The van der Waals surface area contributed by atoms with Gasteiger partial charge in [-0.05, 0) is 6.42 Å². The number of rotatable bonds is 3. The van der Waals surface area contributed by atoms with Crippen LogP contribution >= 0.6 is 7.60 Å². The number of hydrogen-bond acceptors (Lipinski definition) is 3. The molecule has 1 rings (SSSR count). The topological polar surface area (TPSA) is 79.1 Å². The lowest BCUT2D eigenvalue weighted by atomic mass is 10.2. The van der Waals surface area contributed by atoms with Gasteiger partial charge in [-0.15, -0.1) is 0 Å².